The first-order valence-electron chi connectivity index (χ1n) is 7.99. The van der Waals surface area contributed by atoms with Crippen LogP contribution in [0.1, 0.15) is 26.5 Å². The number of carbonyl (C=O) groups is 2. The number of nitrogens with two attached hydrogens (primary N) is 1. The first-order chi connectivity index (χ1) is 12.5. The number of amides is 2. The summed E-state index contributed by atoms with van der Waals surface area (Å²) in [6.07, 6.45) is 0. The summed E-state index contributed by atoms with van der Waals surface area (Å²) >= 11 is 0. The molecule has 0 bridgehead atoms. The molecule has 0 aliphatic carbocycles. The highest BCUT2D eigenvalue weighted by atomic mass is 16.5. The van der Waals surface area contributed by atoms with Crippen LogP contribution < -0.4 is 15.8 Å². The third-order valence-electron chi connectivity index (χ3n) is 3.94. The second-order valence-electron chi connectivity index (χ2n) is 5.70. The van der Waals surface area contributed by atoms with Crippen molar-refractivity contribution in [2.45, 2.75) is 6.92 Å². The quantitative estimate of drug-likeness (QED) is 0.588. The minimum absolute atomic E-state index is 0.133. The molecule has 1 aromatic heterocycles. The molecule has 0 saturated carbocycles. The number of carbonyl (C=O) groups excluding carboxylic acids is 2. The van der Waals surface area contributed by atoms with Crippen molar-refractivity contribution >= 4 is 22.8 Å². The molecular weight excluding hydrogens is 336 g/mol. The zero-order valence-corrected chi connectivity index (χ0v) is 14.1. The number of phenols is 1. The molecule has 2 amide bonds. The molecule has 0 radical (unpaired) electrons. The lowest BCUT2D eigenvalue weighted by molar-refractivity contribution is 0.0919. The Morgan fingerprint density at radius 3 is 2.69 bits per heavy atom. The number of nitrogens with one attached hydrogen (secondary N) is 1. The average molecular weight is 354 g/mol. The Hall–Kier alpha value is -3.48. The molecule has 7 nitrogen and oxygen atoms in total. The van der Waals surface area contributed by atoms with E-state index in [0.717, 1.165) is 10.9 Å². The van der Waals surface area contributed by atoms with Crippen molar-refractivity contribution in [3.8, 4) is 11.5 Å². The number of benzene rings is 2. The zero-order valence-electron chi connectivity index (χ0n) is 14.1. The van der Waals surface area contributed by atoms with E-state index < -0.39 is 5.91 Å². The molecule has 1 heterocycles. The van der Waals surface area contributed by atoms with Crippen molar-refractivity contribution in [3.05, 3.63) is 59.4 Å². The van der Waals surface area contributed by atoms with Gasteiger partial charge in [0.05, 0.1) is 6.54 Å². The van der Waals surface area contributed by atoms with E-state index in [1.807, 2.05) is 25.1 Å². The van der Waals surface area contributed by atoms with Crippen LogP contribution in [0.3, 0.4) is 0 Å². The monoisotopic (exact) mass is 354 g/mol. The van der Waals surface area contributed by atoms with Gasteiger partial charge in [-0.05, 0) is 31.2 Å². The summed E-state index contributed by atoms with van der Waals surface area (Å²) in [5.41, 5.74) is 6.75. The average Bonchev–Trinajstić information content (AvgIpc) is 2.96. The van der Waals surface area contributed by atoms with Crippen molar-refractivity contribution in [3.63, 3.8) is 0 Å². The van der Waals surface area contributed by atoms with Crippen LogP contribution >= 0.6 is 0 Å². The fourth-order valence-corrected chi connectivity index (χ4v) is 2.59. The zero-order chi connectivity index (χ0) is 18.7. The number of hydrogen-bond acceptors (Lipinski definition) is 5. The van der Waals surface area contributed by atoms with E-state index in [0.29, 0.717) is 5.58 Å². The van der Waals surface area contributed by atoms with Gasteiger partial charge in [-0.1, -0.05) is 18.2 Å². The van der Waals surface area contributed by atoms with Crippen LogP contribution in [-0.4, -0.2) is 30.1 Å². The summed E-state index contributed by atoms with van der Waals surface area (Å²) in [4.78, 5) is 23.3. The van der Waals surface area contributed by atoms with Gasteiger partial charge in [-0.2, -0.15) is 0 Å². The Morgan fingerprint density at radius 1 is 1.23 bits per heavy atom. The molecule has 4 N–H and O–H groups in total. The molecule has 0 saturated heterocycles. The number of aryl methyl sites for hydroxylation is 1. The highest BCUT2D eigenvalue weighted by Crippen LogP contribution is 2.27. The number of phenolic OH excluding ortho intramolecular Hbond substituents is 1. The topological polar surface area (TPSA) is 115 Å². The second kappa shape index (κ2) is 7.18. The van der Waals surface area contributed by atoms with Gasteiger partial charge < -0.3 is 25.3 Å². The Labute approximate surface area is 149 Å². The van der Waals surface area contributed by atoms with Gasteiger partial charge in [0.2, 0.25) is 5.91 Å². The van der Waals surface area contributed by atoms with Crippen LogP contribution in [0.5, 0.6) is 11.5 Å². The van der Waals surface area contributed by atoms with Gasteiger partial charge in [-0.25, -0.2) is 0 Å². The van der Waals surface area contributed by atoms with Crippen LogP contribution in [0.15, 0.2) is 46.9 Å². The maximum atomic E-state index is 12.3. The lowest BCUT2D eigenvalue weighted by Gasteiger charge is -2.09. The first-order valence-corrected chi connectivity index (χ1v) is 7.99. The summed E-state index contributed by atoms with van der Waals surface area (Å²) in [5, 5.41) is 13.4. The summed E-state index contributed by atoms with van der Waals surface area (Å²) < 4.78 is 11.0. The highest BCUT2D eigenvalue weighted by Gasteiger charge is 2.17. The van der Waals surface area contributed by atoms with Crippen LogP contribution in [0.2, 0.25) is 0 Å². The highest BCUT2D eigenvalue weighted by molar-refractivity contribution is 5.98. The molecule has 26 heavy (non-hydrogen) atoms. The van der Waals surface area contributed by atoms with Crippen molar-refractivity contribution in [1.29, 1.82) is 0 Å². The molecular formula is C19H18N2O5. The lowest BCUT2D eigenvalue weighted by Crippen LogP contribution is -2.28. The molecule has 134 valence electrons. The van der Waals surface area contributed by atoms with Crippen molar-refractivity contribution < 1.29 is 23.8 Å². The fraction of sp³-hybridized carbons (Fsp3) is 0.158. The van der Waals surface area contributed by atoms with Crippen LogP contribution in [-0.2, 0) is 0 Å². The molecule has 3 aromatic rings. The summed E-state index contributed by atoms with van der Waals surface area (Å²) in [5.74, 6) is -0.708. The molecule has 0 aliphatic heterocycles. The van der Waals surface area contributed by atoms with Gasteiger partial charge in [0.15, 0.2) is 17.3 Å². The fourth-order valence-electron chi connectivity index (χ4n) is 2.59. The van der Waals surface area contributed by atoms with Crippen LogP contribution in [0.4, 0.5) is 0 Å². The summed E-state index contributed by atoms with van der Waals surface area (Å²) in [6, 6.07) is 11.6. The second-order valence-corrected chi connectivity index (χ2v) is 5.70. The Bertz CT molecular complexity index is 977. The maximum absolute atomic E-state index is 12.3. The number of rotatable bonds is 6. The van der Waals surface area contributed by atoms with E-state index >= 15 is 0 Å². The van der Waals surface area contributed by atoms with Crippen LogP contribution in [0.25, 0.3) is 11.0 Å². The Kier molecular flexibility index (Phi) is 4.79. The Morgan fingerprint density at radius 2 is 2.00 bits per heavy atom. The standard InChI is InChI=1S/C19H18N2O5/c1-11-13-4-2-3-5-15(13)26-17(11)19(24)21-8-9-25-16-7-6-12(18(20)23)10-14(16)22/h2-7,10,22H,8-9H2,1H3,(H2,20,23)(H,21,24). The minimum atomic E-state index is -0.639. The summed E-state index contributed by atoms with van der Waals surface area (Å²) in [6.45, 7) is 2.18. The van der Waals surface area contributed by atoms with Gasteiger partial charge in [-0.3, -0.25) is 9.59 Å². The largest absolute Gasteiger partial charge is 0.504 e. The number of fused-ring (bicyclic) bond motifs is 1. The third kappa shape index (κ3) is 3.46. The molecule has 0 aliphatic rings. The number of aromatic hydroxyl groups is 1. The van der Waals surface area contributed by atoms with Gasteiger partial charge in [0.25, 0.3) is 5.91 Å². The van der Waals surface area contributed by atoms with Gasteiger partial charge in [0.1, 0.15) is 12.2 Å². The molecule has 3 rings (SSSR count). The van der Waals surface area contributed by atoms with E-state index in [1.165, 1.54) is 18.2 Å². The number of ether oxygens (including phenoxy) is 1. The third-order valence-corrected chi connectivity index (χ3v) is 3.94. The van der Waals surface area contributed by atoms with E-state index in [2.05, 4.69) is 5.32 Å². The first kappa shape index (κ1) is 17.3. The number of para-hydroxylation sites is 1. The molecule has 0 spiro atoms. The molecule has 2 aromatic carbocycles. The van der Waals surface area contributed by atoms with Crippen molar-refractivity contribution in [1.82, 2.24) is 5.32 Å². The molecule has 7 heteroatoms. The predicted octanol–water partition coefficient (Wildman–Crippen LogP) is 2.35. The lowest BCUT2D eigenvalue weighted by atomic mass is 10.1. The van der Waals surface area contributed by atoms with E-state index in [-0.39, 0.29) is 41.9 Å². The molecule has 0 atom stereocenters. The van der Waals surface area contributed by atoms with E-state index in [1.54, 1.807) is 6.07 Å². The normalized spacial score (nSPS) is 10.7. The van der Waals surface area contributed by atoms with Crippen LogP contribution in [0, 0.1) is 6.92 Å². The molecule has 0 fully saturated rings. The maximum Gasteiger partial charge on any atom is 0.287 e. The predicted molar refractivity (Wildman–Crippen MR) is 95.4 cm³/mol. The minimum Gasteiger partial charge on any atom is -0.504 e. The SMILES string of the molecule is Cc1c(C(=O)NCCOc2ccc(C(N)=O)cc2O)oc2ccccc12. The van der Waals surface area contributed by atoms with Crippen molar-refractivity contribution in [2.24, 2.45) is 5.73 Å². The van der Waals surface area contributed by atoms with Gasteiger partial charge >= 0.3 is 0 Å². The molecule has 0 unspecified atom stereocenters. The summed E-state index contributed by atoms with van der Waals surface area (Å²) in [7, 11) is 0. The number of furan rings is 1. The van der Waals surface area contributed by atoms with E-state index in [9.17, 15) is 14.7 Å². The van der Waals surface area contributed by atoms with E-state index in [4.69, 9.17) is 14.9 Å². The number of primary amides is 1. The van der Waals surface area contributed by atoms with Crippen molar-refractivity contribution in [2.75, 3.05) is 13.2 Å². The smallest absolute Gasteiger partial charge is 0.287 e. The Balaban J connectivity index is 1.57. The van der Waals surface area contributed by atoms with Gasteiger partial charge in [-0.15, -0.1) is 0 Å². The number of hydrogen-bond donors (Lipinski definition) is 3. The van der Waals surface area contributed by atoms with Gasteiger partial charge in [0, 0.05) is 16.5 Å².